The molecule has 2 amide bonds. The van der Waals surface area contributed by atoms with Crippen molar-refractivity contribution in [1.29, 1.82) is 0 Å². The van der Waals surface area contributed by atoms with E-state index in [-0.39, 0.29) is 42.2 Å². The predicted octanol–water partition coefficient (Wildman–Crippen LogP) is 2.45. The number of hydrogen-bond donors (Lipinski definition) is 3. The van der Waals surface area contributed by atoms with Crippen molar-refractivity contribution in [2.24, 2.45) is 13.0 Å². The molecule has 2 unspecified atom stereocenters. The van der Waals surface area contributed by atoms with Gasteiger partial charge in [-0.1, -0.05) is 0 Å². The van der Waals surface area contributed by atoms with Gasteiger partial charge in [0.1, 0.15) is 17.2 Å². The van der Waals surface area contributed by atoms with Crippen LogP contribution in [0.1, 0.15) is 31.9 Å². The summed E-state index contributed by atoms with van der Waals surface area (Å²) in [5.74, 6) is -2.80. The lowest BCUT2D eigenvalue weighted by molar-refractivity contribution is -0.120. The monoisotopic (exact) mass is 643 g/mol. The topological polar surface area (TPSA) is 139 Å². The number of ether oxygens (including phenoxy) is 1. The number of nitrogens with zero attached hydrogens (tertiary/aromatic N) is 2. The van der Waals surface area contributed by atoms with E-state index >= 15 is 4.39 Å². The molecule has 0 radical (unpaired) electrons. The Balaban J connectivity index is 1.55. The second-order valence-electron chi connectivity index (χ2n) is 12.4. The van der Waals surface area contributed by atoms with Gasteiger partial charge in [0.2, 0.25) is 5.91 Å². The minimum absolute atomic E-state index is 0.0675. The highest BCUT2D eigenvalue weighted by atomic mass is 32.2. The second kappa shape index (κ2) is 11.8. The zero-order chi connectivity index (χ0) is 32.8. The van der Waals surface area contributed by atoms with Crippen LogP contribution in [0, 0.1) is 17.6 Å². The van der Waals surface area contributed by atoms with Crippen molar-refractivity contribution in [3.05, 3.63) is 87.0 Å². The van der Waals surface area contributed by atoms with E-state index in [1.165, 1.54) is 10.6 Å². The number of aromatic nitrogens is 1. The van der Waals surface area contributed by atoms with Crippen LogP contribution in [-0.4, -0.2) is 68.3 Å². The molecule has 0 saturated carbocycles. The van der Waals surface area contributed by atoms with Crippen molar-refractivity contribution < 1.29 is 31.5 Å². The van der Waals surface area contributed by atoms with Gasteiger partial charge in [0.05, 0.1) is 35.3 Å². The Morgan fingerprint density at radius 1 is 1.16 bits per heavy atom. The zero-order valence-corrected chi connectivity index (χ0v) is 26.3. The zero-order valence-electron chi connectivity index (χ0n) is 25.5. The number of carbonyl (C=O) groups is 2. The molecule has 2 aliphatic heterocycles. The average Bonchev–Trinajstić information content (AvgIpc) is 3.23. The number of sulfone groups is 1. The van der Waals surface area contributed by atoms with Gasteiger partial charge in [-0.3, -0.25) is 9.59 Å². The summed E-state index contributed by atoms with van der Waals surface area (Å²) in [6.45, 7) is 5.09. The van der Waals surface area contributed by atoms with Crippen LogP contribution in [0.4, 0.5) is 19.3 Å². The number of aryl methyl sites for hydroxylation is 1. The van der Waals surface area contributed by atoms with Crippen LogP contribution in [0.25, 0.3) is 11.3 Å². The summed E-state index contributed by atoms with van der Waals surface area (Å²) in [6.07, 6.45) is 5.27. The molecule has 2 atom stereocenters. The fraction of sp³-hybridized carbons (Fsp3) is 0.387. The molecule has 3 aliphatic rings. The first-order valence-corrected chi connectivity index (χ1v) is 16.3. The van der Waals surface area contributed by atoms with Crippen LogP contribution in [0.15, 0.2) is 58.7 Å². The SMILES string of the molecule is Cn1ccc2c(c1=O)C1=C3C(=CN(c4ccc(F)cc4F)C3C(CNC(=O)CNC(=O)OC(C)(C)C)CN1)C=C2CS(C)(=O)=O. The minimum atomic E-state index is -3.53. The number of fused-ring (bicyclic) bond motifs is 2. The van der Waals surface area contributed by atoms with Gasteiger partial charge in [-0.15, -0.1) is 0 Å². The Hall–Kier alpha value is -4.46. The molecule has 11 nitrogen and oxygen atoms in total. The van der Waals surface area contributed by atoms with Gasteiger partial charge >= 0.3 is 6.09 Å². The molecule has 2 aromatic rings. The van der Waals surface area contributed by atoms with Crippen molar-refractivity contribution in [2.75, 3.05) is 36.5 Å². The van der Waals surface area contributed by atoms with E-state index in [4.69, 9.17) is 4.74 Å². The highest BCUT2D eigenvalue weighted by molar-refractivity contribution is 7.91. The molecule has 5 rings (SSSR count). The van der Waals surface area contributed by atoms with Crippen molar-refractivity contribution >= 4 is 38.8 Å². The van der Waals surface area contributed by atoms with E-state index in [0.717, 1.165) is 18.4 Å². The lowest BCUT2D eigenvalue weighted by Crippen LogP contribution is -2.51. The van der Waals surface area contributed by atoms with Crippen LogP contribution in [0.2, 0.25) is 0 Å². The first-order chi connectivity index (χ1) is 21.0. The van der Waals surface area contributed by atoms with Crippen molar-refractivity contribution in [3.63, 3.8) is 0 Å². The summed E-state index contributed by atoms with van der Waals surface area (Å²) in [6, 6.07) is 4.27. The molecule has 240 valence electrons. The molecule has 14 heteroatoms. The number of nitrogens with one attached hydrogen (secondary N) is 3. The van der Waals surface area contributed by atoms with E-state index in [2.05, 4.69) is 16.0 Å². The summed E-state index contributed by atoms with van der Waals surface area (Å²) in [5.41, 5.74) is 1.75. The van der Waals surface area contributed by atoms with E-state index in [0.29, 0.717) is 28.0 Å². The number of allylic oxidation sites excluding steroid dienone is 1. The van der Waals surface area contributed by atoms with Gasteiger partial charge < -0.3 is 30.2 Å². The third kappa shape index (κ3) is 6.80. The first kappa shape index (κ1) is 31.9. The maximum absolute atomic E-state index is 15.3. The maximum atomic E-state index is 15.3. The second-order valence-corrected chi connectivity index (χ2v) is 14.5. The molecular formula is C31H35F2N5O6S. The highest BCUT2D eigenvalue weighted by Gasteiger charge is 2.44. The average molecular weight is 644 g/mol. The van der Waals surface area contributed by atoms with Gasteiger partial charge in [-0.2, -0.15) is 0 Å². The summed E-state index contributed by atoms with van der Waals surface area (Å²) in [5, 5.41) is 8.55. The molecule has 0 saturated heterocycles. The number of carbonyl (C=O) groups excluding carboxylic acids is 2. The Morgan fingerprint density at radius 3 is 2.56 bits per heavy atom. The van der Waals surface area contributed by atoms with Crippen molar-refractivity contribution in [3.8, 4) is 0 Å². The Morgan fingerprint density at radius 2 is 1.89 bits per heavy atom. The summed E-state index contributed by atoms with van der Waals surface area (Å²) in [7, 11) is -1.94. The quantitative estimate of drug-likeness (QED) is 0.419. The standard InChI is InChI=1S/C31H35F2N5O6S/c1-31(2,3)44-30(41)36-14-24(39)34-12-19-13-35-27-25-17(15-38(28(19)25)23-7-6-20(32)11-22(23)33)10-18(16-45(5,42)43)21-8-9-37(4)29(40)26(21)27/h6-11,15,19,28,35H,12-14,16H2,1-5H3,(H,34,39)(H,36,41). The van der Waals surface area contributed by atoms with Gasteiger partial charge in [-0.25, -0.2) is 22.0 Å². The molecule has 1 aromatic carbocycles. The van der Waals surface area contributed by atoms with E-state index in [1.807, 2.05) is 0 Å². The number of anilines is 1. The summed E-state index contributed by atoms with van der Waals surface area (Å²) in [4.78, 5) is 39.9. The van der Waals surface area contributed by atoms with Gasteiger partial charge in [0, 0.05) is 56.3 Å². The number of pyridine rings is 1. The fourth-order valence-electron chi connectivity index (χ4n) is 5.82. The third-order valence-corrected chi connectivity index (χ3v) is 8.43. The first-order valence-electron chi connectivity index (χ1n) is 14.3. The van der Waals surface area contributed by atoms with Crippen LogP contribution < -0.4 is 26.4 Å². The van der Waals surface area contributed by atoms with E-state index < -0.39 is 51.0 Å². The normalized spacial score (nSPS) is 19.0. The lowest BCUT2D eigenvalue weighted by Gasteiger charge is -2.39. The smallest absolute Gasteiger partial charge is 0.408 e. The molecule has 0 spiro atoms. The maximum Gasteiger partial charge on any atom is 0.408 e. The molecule has 1 aliphatic carbocycles. The molecule has 45 heavy (non-hydrogen) atoms. The van der Waals surface area contributed by atoms with Gasteiger partial charge in [-0.05, 0) is 61.8 Å². The molecule has 0 fully saturated rings. The number of rotatable bonds is 7. The number of amides is 2. The number of hydrogen-bond acceptors (Lipinski definition) is 8. The van der Waals surface area contributed by atoms with Crippen LogP contribution >= 0.6 is 0 Å². The molecule has 0 bridgehead atoms. The van der Waals surface area contributed by atoms with Crippen LogP contribution in [0.5, 0.6) is 0 Å². The van der Waals surface area contributed by atoms with Crippen LogP contribution in [-0.2, 0) is 26.4 Å². The number of benzene rings is 1. The Kier molecular flexibility index (Phi) is 8.38. The minimum Gasteiger partial charge on any atom is -0.444 e. The molecule has 3 N–H and O–H groups in total. The molecule has 1 aromatic heterocycles. The Bertz CT molecular complexity index is 1840. The van der Waals surface area contributed by atoms with Crippen molar-refractivity contribution in [1.82, 2.24) is 20.5 Å². The fourth-order valence-corrected chi connectivity index (χ4v) is 6.62. The third-order valence-electron chi connectivity index (χ3n) is 7.59. The van der Waals surface area contributed by atoms with Crippen LogP contribution in [0.3, 0.4) is 0 Å². The number of alkyl carbamates (subject to hydrolysis) is 1. The predicted molar refractivity (Wildman–Crippen MR) is 166 cm³/mol. The summed E-state index contributed by atoms with van der Waals surface area (Å²) >= 11 is 0. The Labute approximate surface area is 259 Å². The van der Waals surface area contributed by atoms with Gasteiger partial charge in [0.15, 0.2) is 9.84 Å². The van der Waals surface area contributed by atoms with Gasteiger partial charge in [0.25, 0.3) is 5.56 Å². The van der Waals surface area contributed by atoms with E-state index in [1.54, 1.807) is 57.3 Å². The lowest BCUT2D eigenvalue weighted by atomic mass is 9.84. The largest absolute Gasteiger partial charge is 0.444 e. The molecule has 3 heterocycles. The van der Waals surface area contributed by atoms with E-state index in [9.17, 15) is 27.2 Å². The van der Waals surface area contributed by atoms with Crippen molar-refractivity contribution in [2.45, 2.75) is 32.4 Å². The number of halogens is 2. The summed E-state index contributed by atoms with van der Waals surface area (Å²) < 4.78 is 60.7. The highest BCUT2D eigenvalue weighted by Crippen LogP contribution is 2.46. The molecular weight excluding hydrogens is 608 g/mol.